The first-order valence-corrected chi connectivity index (χ1v) is 14.0. The van der Waals surface area contributed by atoms with Crippen LogP contribution in [0.25, 0.3) is 0 Å². The number of carboxylic acids is 2. The van der Waals surface area contributed by atoms with Crippen LogP contribution < -0.4 is 11.5 Å². The normalized spacial score (nSPS) is 18.0. The second-order valence-electron chi connectivity index (χ2n) is 11.4. The van der Waals surface area contributed by atoms with E-state index >= 15 is 0 Å². The summed E-state index contributed by atoms with van der Waals surface area (Å²) in [6.07, 6.45) is 6.88. The summed E-state index contributed by atoms with van der Waals surface area (Å²) in [4.78, 5) is 21.5. The molecule has 7 heteroatoms. The molecule has 2 aromatic carbocycles. The number of carboxylic acid groups (broad SMARTS) is 2. The van der Waals surface area contributed by atoms with Crippen LogP contribution in [0.5, 0.6) is 0 Å². The largest absolute Gasteiger partial charge is 0.481 e. The molecule has 6 nitrogen and oxygen atoms in total. The van der Waals surface area contributed by atoms with Gasteiger partial charge in [0.1, 0.15) is 0 Å². The van der Waals surface area contributed by atoms with E-state index in [0.29, 0.717) is 11.8 Å². The van der Waals surface area contributed by atoms with Gasteiger partial charge in [-0.3, -0.25) is 9.59 Å². The van der Waals surface area contributed by atoms with Gasteiger partial charge in [0.25, 0.3) is 0 Å². The molecule has 0 aromatic heterocycles. The van der Waals surface area contributed by atoms with Gasteiger partial charge in [-0.05, 0) is 73.6 Å². The van der Waals surface area contributed by atoms with Gasteiger partial charge in [-0.2, -0.15) is 0 Å². The van der Waals surface area contributed by atoms with Gasteiger partial charge < -0.3 is 21.7 Å². The fraction of sp³-hybridized carbons (Fsp3) is 0.562. The fourth-order valence-corrected chi connectivity index (χ4v) is 4.30. The molecule has 0 spiro atoms. The summed E-state index contributed by atoms with van der Waals surface area (Å²) < 4.78 is 0. The van der Waals surface area contributed by atoms with Crippen LogP contribution in [0.3, 0.4) is 0 Å². The van der Waals surface area contributed by atoms with Crippen molar-refractivity contribution in [1.82, 2.24) is 0 Å². The van der Waals surface area contributed by atoms with Crippen LogP contribution >= 0.6 is 0 Å². The van der Waals surface area contributed by atoms with E-state index in [9.17, 15) is 9.59 Å². The molecule has 0 bridgehead atoms. The predicted molar refractivity (Wildman–Crippen MR) is 156 cm³/mol. The van der Waals surface area contributed by atoms with Crippen LogP contribution in [0.1, 0.15) is 101 Å². The Morgan fingerprint density at radius 2 is 0.949 bits per heavy atom. The van der Waals surface area contributed by atoms with Crippen molar-refractivity contribution in [1.29, 1.82) is 0 Å². The maximum Gasteiger partial charge on any atom is 0.310 e. The SMILES string of the molecule is CC(C)Cc1ccc(C(C)C(=O)O)cc1.CC(C)Cc1ccc(C(C)C(=O)O)cc1.N[C@@H]1CCCC[C@H]1N.[Pt]. The van der Waals surface area contributed by atoms with Crippen molar-refractivity contribution in [3.8, 4) is 0 Å². The molecule has 1 saturated carbocycles. The molecule has 0 heterocycles. The Kier molecular flexibility index (Phi) is 18.1. The summed E-state index contributed by atoms with van der Waals surface area (Å²) >= 11 is 0. The van der Waals surface area contributed by atoms with Gasteiger partial charge in [0.05, 0.1) is 11.8 Å². The molecule has 1 aliphatic rings. The summed E-state index contributed by atoms with van der Waals surface area (Å²) in [6.45, 7) is 12.1. The van der Waals surface area contributed by atoms with Crippen LogP contribution in [0.2, 0.25) is 0 Å². The van der Waals surface area contributed by atoms with E-state index in [1.54, 1.807) is 13.8 Å². The summed E-state index contributed by atoms with van der Waals surface area (Å²) in [5, 5.41) is 17.7. The van der Waals surface area contributed by atoms with Crippen molar-refractivity contribution in [2.24, 2.45) is 23.3 Å². The van der Waals surface area contributed by atoms with Crippen molar-refractivity contribution >= 4 is 11.9 Å². The first kappa shape index (κ1) is 37.0. The van der Waals surface area contributed by atoms with Gasteiger partial charge in [-0.15, -0.1) is 0 Å². The zero-order valence-corrected chi connectivity index (χ0v) is 26.8. The molecule has 0 radical (unpaired) electrons. The van der Waals surface area contributed by atoms with Crippen molar-refractivity contribution in [2.45, 2.75) is 104 Å². The standard InChI is InChI=1S/2C13H18O2.C6H14N2.Pt/c2*1-9(2)8-11-4-6-12(7-5-11)10(3)13(14)15;7-5-3-1-2-4-6(5)8;/h2*4-7,9-10H,8H2,1-3H3,(H,14,15);5-6H,1-4,7-8H2;/t;;5-,6-;/m..1./s1. The van der Waals surface area contributed by atoms with E-state index in [2.05, 4.69) is 27.7 Å². The van der Waals surface area contributed by atoms with E-state index in [1.807, 2.05) is 48.5 Å². The Balaban J connectivity index is 0.000000573. The van der Waals surface area contributed by atoms with Gasteiger partial charge in [0.15, 0.2) is 0 Å². The molecule has 0 amide bonds. The minimum absolute atomic E-state index is 0. The van der Waals surface area contributed by atoms with E-state index in [4.69, 9.17) is 21.7 Å². The van der Waals surface area contributed by atoms with Gasteiger partial charge in [-0.25, -0.2) is 0 Å². The van der Waals surface area contributed by atoms with Gasteiger partial charge in [-0.1, -0.05) is 89.1 Å². The van der Waals surface area contributed by atoms with E-state index in [0.717, 1.165) is 36.8 Å². The molecule has 4 atom stereocenters. The summed E-state index contributed by atoms with van der Waals surface area (Å²) in [6, 6.07) is 16.3. The third-order valence-corrected chi connectivity index (χ3v) is 6.86. The zero-order chi connectivity index (χ0) is 28.8. The number of nitrogens with two attached hydrogens (primary N) is 2. The number of hydrogen-bond donors (Lipinski definition) is 4. The number of aliphatic carboxylic acids is 2. The van der Waals surface area contributed by atoms with E-state index in [1.165, 1.54) is 24.0 Å². The molecule has 1 fully saturated rings. The van der Waals surface area contributed by atoms with Crippen molar-refractivity contribution in [2.75, 3.05) is 0 Å². The topological polar surface area (TPSA) is 127 Å². The quantitative estimate of drug-likeness (QED) is 0.252. The molecule has 222 valence electrons. The van der Waals surface area contributed by atoms with E-state index in [-0.39, 0.29) is 33.1 Å². The molecule has 2 aromatic rings. The zero-order valence-electron chi connectivity index (χ0n) is 24.5. The average Bonchev–Trinajstić information content (AvgIpc) is 2.86. The van der Waals surface area contributed by atoms with Crippen LogP contribution in [-0.2, 0) is 43.5 Å². The second-order valence-corrected chi connectivity index (χ2v) is 11.4. The summed E-state index contributed by atoms with van der Waals surface area (Å²) in [7, 11) is 0. The Morgan fingerprint density at radius 3 is 1.15 bits per heavy atom. The number of rotatable bonds is 8. The minimum atomic E-state index is -0.772. The monoisotopic (exact) mass is 721 g/mol. The molecular weight excluding hydrogens is 671 g/mol. The number of hydrogen-bond acceptors (Lipinski definition) is 4. The third-order valence-electron chi connectivity index (χ3n) is 6.86. The minimum Gasteiger partial charge on any atom is -0.481 e. The Labute approximate surface area is 250 Å². The summed E-state index contributed by atoms with van der Waals surface area (Å²) in [5.74, 6) is -1.12. The molecule has 6 N–H and O–H groups in total. The maximum atomic E-state index is 10.8. The maximum absolute atomic E-state index is 10.8. The number of benzene rings is 2. The fourth-order valence-electron chi connectivity index (χ4n) is 4.30. The molecule has 1 aliphatic carbocycles. The average molecular weight is 722 g/mol. The van der Waals surface area contributed by atoms with Gasteiger partial charge in [0, 0.05) is 33.1 Å². The van der Waals surface area contributed by atoms with Crippen LogP contribution in [-0.4, -0.2) is 34.2 Å². The Morgan fingerprint density at radius 1 is 0.667 bits per heavy atom. The molecule has 2 unspecified atom stereocenters. The Bertz CT molecular complexity index is 882. The van der Waals surface area contributed by atoms with Crippen LogP contribution in [0.15, 0.2) is 48.5 Å². The molecule has 0 saturated heterocycles. The molecular formula is C32H50N2O4Pt. The van der Waals surface area contributed by atoms with Gasteiger partial charge >= 0.3 is 11.9 Å². The smallest absolute Gasteiger partial charge is 0.310 e. The van der Waals surface area contributed by atoms with Gasteiger partial charge in [0.2, 0.25) is 0 Å². The van der Waals surface area contributed by atoms with Crippen LogP contribution in [0.4, 0.5) is 0 Å². The molecule has 0 aliphatic heterocycles. The van der Waals surface area contributed by atoms with Crippen molar-refractivity contribution in [3.05, 3.63) is 70.8 Å². The van der Waals surface area contributed by atoms with Crippen molar-refractivity contribution < 1.29 is 40.9 Å². The summed E-state index contributed by atoms with van der Waals surface area (Å²) in [5.41, 5.74) is 15.6. The second kappa shape index (κ2) is 19.1. The Hall–Kier alpha value is -2.01. The third kappa shape index (κ3) is 14.8. The van der Waals surface area contributed by atoms with Crippen LogP contribution in [0, 0.1) is 11.8 Å². The number of carbonyl (C=O) groups is 2. The van der Waals surface area contributed by atoms with E-state index < -0.39 is 23.8 Å². The van der Waals surface area contributed by atoms with Crippen molar-refractivity contribution in [3.63, 3.8) is 0 Å². The molecule has 39 heavy (non-hydrogen) atoms. The predicted octanol–water partition coefficient (Wildman–Crippen LogP) is 6.36. The molecule has 3 rings (SSSR count). The first-order valence-electron chi connectivity index (χ1n) is 14.0. The first-order chi connectivity index (χ1) is 17.8.